The predicted octanol–water partition coefficient (Wildman–Crippen LogP) is 4.10. The van der Waals surface area contributed by atoms with Gasteiger partial charge in [0.25, 0.3) is 0 Å². The summed E-state index contributed by atoms with van der Waals surface area (Å²) in [4.78, 5) is 10.1. The molecule has 106 valence electrons. The van der Waals surface area contributed by atoms with Gasteiger partial charge in [0.05, 0.1) is 0 Å². The van der Waals surface area contributed by atoms with Gasteiger partial charge in [-0.2, -0.15) is 0 Å². The molecule has 2 rings (SSSR count). The van der Waals surface area contributed by atoms with Gasteiger partial charge in [0.2, 0.25) is 0 Å². The highest BCUT2D eigenvalue weighted by Gasteiger charge is 2.04. The quantitative estimate of drug-likeness (QED) is 0.619. The molecule has 0 spiro atoms. The molecule has 0 unspecified atom stereocenters. The molecule has 0 saturated carbocycles. The number of nitrogens with zero attached hydrogens (tertiary/aromatic N) is 2. The summed E-state index contributed by atoms with van der Waals surface area (Å²) in [7, 11) is 0. The van der Waals surface area contributed by atoms with Crippen LogP contribution in [0.2, 0.25) is 0 Å². The molecular formula is C14H18N4S2. The fourth-order valence-electron chi connectivity index (χ4n) is 1.70. The van der Waals surface area contributed by atoms with E-state index in [2.05, 4.69) is 45.9 Å². The lowest BCUT2D eigenvalue weighted by molar-refractivity contribution is 0.967. The molecule has 20 heavy (non-hydrogen) atoms. The molecule has 0 saturated heterocycles. The van der Waals surface area contributed by atoms with E-state index >= 15 is 0 Å². The normalized spacial score (nSPS) is 10.3. The first-order chi connectivity index (χ1) is 9.75. The first-order valence-corrected chi connectivity index (χ1v) is 8.78. The standard InChI is InChI=1S/C14H18N4S2/c1-4-15-12-9-13(18-14(17-12)20-3)16-10-6-5-7-11(8-10)19-2/h5-9H,4H2,1-3H3,(H2,15,16,17,18). The lowest BCUT2D eigenvalue weighted by atomic mass is 10.3. The Bertz CT molecular complexity index is 575. The second kappa shape index (κ2) is 7.40. The van der Waals surface area contributed by atoms with E-state index in [1.54, 1.807) is 11.8 Å². The molecule has 6 heteroatoms. The van der Waals surface area contributed by atoms with Crippen LogP contribution in [-0.4, -0.2) is 29.0 Å². The van der Waals surface area contributed by atoms with Crippen LogP contribution in [0.4, 0.5) is 17.3 Å². The fourth-order valence-corrected chi connectivity index (χ4v) is 2.54. The van der Waals surface area contributed by atoms with Crippen LogP contribution in [0.1, 0.15) is 6.92 Å². The lowest BCUT2D eigenvalue weighted by Gasteiger charge is -2.10. The highest BCUT2D eigenvalue weighted by Crippen LogP contribution is 2.24. The third-order valence-corrected chi connectivity index (χ3v) is 3.86. The van der Waals surface area contributed by atoms with E-state index in [0.717, 1.165) is 29.0 Å². The second-order valence-corrected chi connectivity index (χ2v) is 5.67. The first-order valence-electron chi connectivity index (χ1n) is 6.33. The van der Waals surface area contributed by atoms with Crippen LogP contribution in [0.25, 0.3) is 0 Å². The van der Waals surface area contributed by atoms with E-state index in [4.69, 9.17) is 0 Å². The minimum absolute atomic E-state index is 0.756. The van der Waals surface area contributed by atoms with Gasteiger partial charge < -0.3 is 10.6 Å². The number of aromatic nitrogens is 2. The Morgan fingerprint density at radius 1 is 1.05 bits per heavy atom. The highest BCUT2D eigenvalue weighted by molar-refractivity contribution is 7.98. The summed E-state index contributed by atoms with van der Waals surface area (Å²) in [5.41, 5.74) is 1.03. The zero-order chi connectivity index (χ0) is 14.4. The van der Waals surface area contributed by atoms with Gasteiger partial charge in [-0.25, -0.2) is 9.97 Å². The SMILES string of the molecule is CCNc1cc(Nc2cccc(SC)c2)nc(SC)n1. The number of anilines is 3. The topological polar surface area (TPSA) is 49.8 Å². The monoisotopic (exact) mass is 306 g/mol. The van der Waals surface area contributed by atoms with Gasteiger partial charge in [0, 0.05) is 23.2 Å². The molecule has 0 bridgehead atoms. The zero-order valence-corrected chi connectivity index (χ0v) is 13.4. The van der Waals surface area contributed by atoms with E-state index in [-0.39, 0.29) is 0 Å². The van der Waals surface area contributed by atoms with Gasteiger partial charge in [-0.1, -0.05) is 17.8 Å². The van der Waals surface area contributed by atoms with Crippen molar-refractivity contribution < 1.29 is 0 Å². The minimum Gasteiger partial charge on any atom is -0.370 e. The average molecular weight is 306 g/mol. The first kappa shape index (κ1) is 15.0. The number of benzene rings is 1. The van der Waals surface area contributed by atoms with Crippen molar-refractivity contribution in [3.05, 3.63) is 30.3 Å². The molecule has 0 aliphatic rings. The number of hydrogen-bond acceptors (Lipinski definition) is 6. The predicted molar refractivity (Wildman–Crippen MR) is 89.5 cm³/mol. The molecule has 2 aromatic rings. The number of nitrogens with one attached hydrogen (secondary N) is 2. The van der Waals surface area contributed by atoms with Crippen LogP contribution in [0, 0.1) is 0 Å². The third-order valence-electron chi connectivity index (χ3n) is 2.59. The van der Waals surface area contributed by atoms with Crippen LogP contribution >= 0.6 is 23.5 Å². The molecule has 4 nitrogen and oxygen atoms in total. The van der Waals surface area contributed by atoms with Gasteiger partial charge >= 0.3 is 0 Å². The minimum atomic E-state index is 0.756. The molecule has 2 N–H and O–H groups in total. The summed E-state index contributed by atoms with van der Waals surface area (Å²) in [5.74, 6) is 1.65. The maximum absolute atomic E-state index is 4.48. The summed E-state index contributed by atoms with van der Waals surface area (Å²) in [6.07, 6.45) is 4.04. The van der Waals surface area contributed by atoms with Crippen LogP contribution in [0.3, 0.4) is 0 Å². The number of hydrogen-bond donors (Lipinski definition) is 2. The Labute approximate surface area is 128 Å². The largest absolute Gasteiger partial charge is 0.370 e. The average Bonchev–Trinajstić information content (AvgIpc) is 2.47. The fraction of sp³-hybridized carbons (Fsp3) is 0.286. The Balaban J connectivity index is 2.24. The van der Waals surface area contributed by atoms with Crippen molar-refractivity contribution in [3.63, 3.8) is 0 Å². The molecule has 0 fully saturated rings. The molecule has 0 atom stereocenters. The molecule has 1 heterocycles. The van der Waals surface area contributed by atoms with Crippen LogP contribution in [0.15, 0.2) is 40.4 Å². The van der Waals surface area contributed by atoms with Crippen LogP contribution in [0.5, 0.6) is 0 Å². The van der Waals surface area contributed by atoms with Gasteiger partial charge in [0.1, 0.15) is 11.6 Å². The van der Waals surface area contributed by atoms with Crippen molar-refractivity contribution in [2.24, 2.45) is 0 Å². The van der Waals surface area contributed by atoms with E-state index in [0.29, 0.717) is 0 Å². The maximum atomic E-state index is 4.48. The van der Waals surface area contributed by atoms with Gasteiger partial charge in [0.15, 0.2) is 5.16 Å². The number of rotatable bonds is 6. The molecule has 0 amide bonds. The summed E-state index contributed by atoms with van der Waals surface area (Å²) in [6, 6.07) is 10.2. The molecule has 1 aromatic carbocycles. The Kier molecular flexibility index (Phi) is 5.55. The van der Waals surface area contributed by atoms with Crippen molar-refractivity contribution in [1.82, 2.24) is 9.97 Å². The van der Waals surface area contributed by atoms with Gasteiger partial charge in [-0.15, -0.1) is 11.8 Å². The summed E-state index contributed by atoms with van der Waals surface area (Å²) in [5, 5.41) is 7.31. The van der Waals surface area contributed by atoms with Crippen molar-refractivity contribution in [2.45, 2.75) is 17.0 Å². The van der Waals surface area contributed by atoms with Crippen molar-refractivity contribution in [1.29, 1.82) is 0 Å². The Hall–Kier alpha value is -1.40. The molecule has 0 aliphatic heterocycles. The van der Waals surface area contributed by atoms with E-state index < -0.39 is 0 Å². The van der Waals surface area contributed by atoms with Crippen LogP contribution < -0.4 is 10.6 Å². The second-order valence-electron chi connectivity index (χ2n) is 4.01. The molecule has 0 aliphatic carbocycles. The van der Waals surface area contributed by atoms with Crippen LogP contribution in [-0.2, 0) is 0 Å². The van der Waals surface area contributed by atoms with Gasteiger partial charge in [-0.3, -0.25) is 0 Å². The summed E-state index contributed by atoms with van der Waals surface area (Å²) < 4.78 is 0. The molecular weight excluding hydrogens is 288 g/mol. The molecule has 1 aromatic heterocycles. The van der Waals surface area contributed by atoms with Crippen molar-refractivity contribution >= 4 is 40.8 Å². The maximum Gasteiger partial charge on any atom is 0.191 e. The lowest BCUT2D eigenvalue weighted by Crippen LogP contribution is -2.03. The van der Waals surface area contributed by atoms with E-state index in [1.807, 2.05) is 24.5 Å². The molecule has 0 radical (unpaired) electrons. The summed E-state index contributed by atoms with van der Waals surface area (Å²) >= 11 is 3.26. The smallest absolute Gasteiger partial charge is 0.191 e. The van der Waals surface area contributed by atoms with E-state index in [1.165, 1.54) is 16.7 Å². The van der Waals surface area contributed by atoms with Gasteiger partial charge in [-0.05, 0) is 37.6 Å². The zero-order valence-electron chi connectivity index (χ0n) is 11.8. The summed E-state index contributed by atoms with van der Waals surface area (Å²) in [6.45, 7) is 2.89. The Morgan fingerprint density at radius 2 is 1.85 bits per heavy atom. The number of thioether (sulfide) groups is 2. The van der Waals surface area contributed by atoms with Crippen molar-refractivity contribution in [2.75, 3.05) is 29.7 Å². The van der Waals surface area contributed by atoms with E-state index in [9.17, 15) is 0 Å². The highest BCUT2D eigenvalue weighted by atomic mass is 32.2. The third kappa shape index (κ3) is 4.05. The Morgan fingerprint density at radius 3 is 2.55 bits per heavy atom. The van der Waals surface area contributed by atoms with Crippen molar-refractivity contribution in [3.8, 4) is 0 Å².